The smallest absolute Gasteiger partial charge is 0.247 e. The second-order valence-corrected chi connectivity index (χ2v) is 5.72. The fourth-order valence-electron chi connectivity index (χ4n) is 2.81. The number of hydrogen-bond acceptors (Lipinski definition) is 3. The van der Waals surface area contributed by atoms with Gasteiger partial charge in [0.1, 0.15) is 17.4 Å². The third kappa shape index (κ3) is 2.65. The molecule has 1 unspecified atom stereocenters. The number of carbonyl (C=O) groups is 1. The van der Waals surface area contributed by atoms with E-state index in [0.29, 0.717) is 5.69 Å². The molecular weight excluding hydrogens is 288 g/mol. The Morgan fingerprint density at radius 3 is 2.65 bits per heavy atom. The van der Waals surface area contributed by atoms with Crippen LogP contribution in [0.1, 0.15) is 24.4 Å². The first-order valence-electron chi connectivity index (χ1n) is 7.58. The van der Waals surface area contributed by atoms with Crippen LogP contribution in [0.15, 0.2) is 42.5 Å². The Balaban J connectivity index is 1.96. The van der Waals surface area contributed by atoms with Gasteiger partial charge in [0.25, 0.3) is 0 Å². The van der Waals surface area contributed by atoms with E-state index in [0.717, 1.165) is 28.1 Å². The molecule has 2 aromatic carbocycles. The minimum Gasteiger partial charge on any atom is -0.397 e. The Labute approximate surface area is 135 Å². The molecule has 0 aliphatic heterocycles. The molecule has 0 spiro atoms. The maximum absolute atomic E-state index is 12.7. The molecule has 0 aliphatic rings. The monoisotopic (exact) mass is 308 g/mol. The van der Waals surface area contributed by atoms with Gasteiger partial charge >= 0.3 is 0 Å². The van der Waals surface area contributed by atoms with Gasteiger partial charge in [-0.05, 0) is 44.5 Å². The third-order valence-electron chi connectivity index (χ3n) is 4.10. The summed E-state index contributed by atoms with van der Waals surface area (Å²) in [6.07, 6.45) is 0. The second kappa shape index (κ2) is 5.76. The number of nitrogens with one attached hydrogen (secondary N) is 1. The van der Waals surface area contributed by atoms with E-state index in [9.17, 15) is 4.79 Å². The van der Waals surface area contributed by atoms with Gasteiger partial charge in [-0.15, -0.1) is 0 Å². The van der Waals surface area contributed by atoms with Gasteiger partial charge in [0.15, 0.2) is 0 Å². The van der Waals surface area contributed by atoms with Gasteiger partial charge in [-0.2, -0.15) is 0 Å². The molecule has 23 heavy (non-hydrogen) atoms. The van der Waals surface area contributed by atoms with Crippen molar-refractivity contribution in [3.8, 4) is 0 Å². The quantitative estimate of drug-likeness (QED) is 0.728. The maximum atomic E-state index is 12.7. The van der Waals surface area contributed by atoms with Gasteiger partial charge in [0, 0.05) is 5.69 Å². The van der Waals surface area contributed by atoms with Crippen LogP contribution in [0.4, 0.5) is 11.4 Å². The lowest BCUT2D eigenvalue weighted by atomic mass is 10.2. The standard InChI is InChI=1S/C18H20N4O/c1-11-7-4-5-9-15(11)21-18(23)12(2)22-13(3)20-17-14(19)8-6-10-16(17)22/h4-10,12H,19H2,1-3H3,(H,21,23). The fourth-order valence-corrected chi connectivity index (χ4v) is 2.81. The Hall–Kier alpha value is -2.82. The number of benzene rings is 2. The molecule has 0 saturated heterocycles. The van der Waals surface area contributed by atoms with Gasteiger partial charge in [-0.1, -0.05) is 24.3 Å². The third-order valence-corrected chi connectivity index (χ3v) is 4.10. The molecule has 3 N–H and O–H groups in total. The molecule has 1 aromatic heterocycles. The van der Waals surface area contributed by atoms with Gasteiger partial charge in [-0.3, -0.25) is 4.79 Å². The summed E-state index contributed by atoms with van der Waals surface area (Å²) in [6, 6.07) is 13.0. The average Bonchev–Trinajstić information content (AvgIpc) is 2.86. The molecular formula is C18H20N4O. The number of anilines is 2. The van der Waals surface area contributed by atoms with Gasteiger partial charge < -0.3 is 15.6 Å². The van der Waals surface area contributed by atoms with E-state index in [1.54, 1.807) is 0 Å². The lowest BCUT2D eigenvalue weighted by molar-refractivity contribution is -0.118. The molecule has 0 bridgehead atoms. The number of aryl methyl sites for hydroxylation is 2. The minimum absolute atomic E-state index is 0.0795. The first-order chi connectivity index (χ1) is 11.0. The van der Waals surface area contributed by atoms with Gasteiger partial charge in [0.2, 0.25) is 5.91 Å². The van der Waals surface area contributed by atoms with Crippen LogP contribution in [0.5, 0.6) is 0 Å². The Bertz CT molecular complexity index is 882. The molecule has 3 rings (SSSR count). The summed E-state index contributed by atoms with van der Waals surface area (Å²) in [5, 5.41) is 2.99. The molecule has 1 atom stereocenters. The van der Waals surface area contributed by atoms with E-state index in [4.69, 9.17) is 5.73 Å². The predicted octanol–water partition coefficient (Wildman–Crippen LogP) is 3.44. The van der Waals surface area contributed by atoms with Gasteiger partial charge in [-0.25, -0.2) is 4.98 Å². The summed E-state index contributed by atoms with van der Waals surface area (Å²) in [5.74, 6) is 0.689. The highest BCUT2D eigenvalue weighted by Crippen LogP contribution is 2.26. The number of amides is 1. The summed E-state index contributed by atoms with van der Waals surface area (Å²) < 4.78 is 1.92. The lowest BCUT2D eigenvalue weighted by Crippen LogP contribution is -2.24. The number of hydrogen-bond donors (Lipinski definition) is 2. The normalized spacial score (nSPS) is 12.3. The lowest BCUT2D eigenvalue weighted by Gasteiger charge is -2.17. The number of nitrogens with two attached hydrogens (primary N) is 1. The zero-order chi connectivity index (χ0) is 16.6. The Morgan fingerprint density at radius 1 is 1.17 bits per heavy atom. The van der Waals surface area contributed by atoms with Crippen molar-refractivity contribution >= 4 is 28.3 Å². The summed E-state index contributed by atoms with van der Waals surface area (Å²) in [4.78, 5) is 17.2. The highest BCUT2D eigenvalue weighted by atomic mass is 16.2. The van der Waals surface area contributed by atoms with Crippen LogP contribution in [0, 0.1) is 13.8 Å². The molecule has 5 nitrogen and oxygen atoms in total. The molecule has 0 saturated carbocycles. The first kappa shape index (κ1) is 15.1. The number of carbonyl (C=O) groups excluding carboxylic acids is 1. The summed E-state index contributed by atoms with van der Waals surface area (Å²) in [5.41, 5.74) is 10.1. The molecule has 0 aliphatic carbocycles. The van der Waals surface area contributed by atoms with Crippen molar-refractivity contribution in [3.63, 3.8) is 0 Å². The number of imidazole rings is 1. The van der Waals surface area contributed by atoms with Crippen LogP contribution in [0.2, 0.25) is 0 Å². The summed E-state index contributed by atoms with van der Waals surface area (Å²) >= 11 is 0. The Kier molecular flexibility index (Phi) is 3.78. The van der Waals surface area contributed by atoms with Crippen LogP contribution < -0.4 is 11.1 Å². The topological polar surface area (TPSA) is 72.9 Å². The van der Waals surface area contributed by atoms with Crippen molar-refractivity contribution in [2.24, 2.45) is 0 Å². The van der Waals surface area contributed by atoms with Crippen LogP contribution in [-0.2, 0) is 4.79 Å². The van der Waals surface area contributed by atoms with Crippen molar-refractivity contribution in [2.45, 2.75) is 26.8 Å². The van der Waals surface area contributed by atoms with E-state index >= 15 is 0 Å². The van der Waals surface area contributed by atoms with E-state index in [-0.39, 0.29) is 11.9 Å². The number of para-hydroxylation sites is 2. The van der Waals surface area contributed by atoms with Crippen molar-refractivity contribution in [3.05, 3.63) is 53.9 Å². The SMILES string of the molecule is Cc1ccccc1NC(=O)C(C)n1c(C)nc2c(N)cccc21. The van der Waals surface area contributed by atoms with E-state index in [1.807, 2.05) is 67.8 Å². The average molecular weight is 308 g/mol. The Morgan fingerprint density at radius 2 is 1.91 bits per heavy atom. The van der Waals surface area contributed by atoms with Crippen LogP contribution in [0.25, 0.3) is 11.0 Å². The summed E-state index contributed by atoms with van der Waals surface area (Å²) in [6.45, 7) is 5.72. The fraction of sp³-hybridized carbons (Fsp3) is 0.222. The van der Waals surface area contributed by atoms with Crippen molar-refractivity contribution in [2.75, 3.05) is 11.1 Å². The molecule has 0 radical (unpaired) electrons. The predicted molar refractivity (Wildman–Crippen MR) is 93.4 cm³/mol. The number of rotatable bonds is 3. The molecule has 0 fully saturated rings. The van der Waals surface area contributed by atoms with Crippen molar-refractivity contribution in [1.82, 2.24) is 9.55 Å². The molecule has 1 amide bonds. The van der Waals surface area contributed by atoms with Crippen molar-refractivity contribution in [1.29, 1.82) is 0 Å². The van der Waals surface area contributed by atoms with Crippen LogP contribution >= 0.6 is 0 Å². The van der Waals surface area contributed by atoms with E-state index in [2.05, 4.69) is 10.3 Å². The van der Waals surface area contributed by atoms with E-state index in [1.165, 1.54) is 0 Å². The first-order valence-corrected chi connectivity index (χ1v) is 7.58. The zero-order valence-electron chi connectivity index (χ0n) is 13.5. The number of nitrogens with zero attached hydrogens (tertiary/aromatic N) is 2. The number of nitrogen functional groups attached to an aromatic ring is 1. The van der Waals surface area contributed by atoms with Crippen LogP contribution in [0.3, 0.4) is 0 Å². The number of fused-ring (bicyclic) bond motifs is 1. The largest absolute Gasteiger partial charge is 0.397 e. The summed E-state index contributed by atoms with van der Waals surface area (Å²) in [7, 11) is 0. The van der Waals surface area contributed by atoms with E-state index < -0.39 is 0 Å². The zero-order valence-corrected chi connectivity index (χ0v) is 13.5. The highest BCUT2D eigenvalue weighted by molar-refractivity contribution is 5.96. The molecule has 5 heteroatoms. The van der Waals surface area contributed by atoms with Crippen molar-refractivity contribution < 1.29 is 4.79 Å². The number of aromatic nitrogens is 2. The molecule has 1 heterocycles. The molecule has 3 aromatic rings. The highest BCUT2D eigenvalue weighted by Gasteiger charge is 2.21. The van der Waals surface area contributed by atoms with Crippen LogP contribution in [-0.4, -0.2) is 15.5 Å². The second-order valence-electron chi connectivity index (χ2n) is 5.72. The van der Waals surface area contributed by atoms with Gasteiger partial charge in [0.05, 0.1) is 11.2 Å². The molecule has 118 valence electrons. The maximum Gasteiger partial charge on any atom is 0.247 e. The minimum atomic E-state index is -0.388.